The highest BCUT2D eigenvalue weighted by molar-refractivity contribution is 4.71. The van der Waals surface area contributed by atoms with Crippen molar-refractivity contribution in [1.82, 2.24) is 4.90 Å². The molecular formula is C9H21NO. The summed E-state index contributed by atoms with van der Waals surface area (Å²) in [6, 6.07) is 0. The van der Waals surface area contributed by atoms with Crippen LogP contribution in [-0.2, 0) is 4.74 Å². The monoisotopic (exact) mass is 159 g/mol. The second kappa shape index (κ2) is 6.62. The van der Waals surface area contributed by atoms with Gasteiger partial charge in [0.15, 0.2) is 0 Å². The quantitative estimate of drug-likeness (QED) is 0.578. The molecule has 0 radical (unpaired) electrons. The lowest BCUT2D eigenvalue weighted by molar-refractivity contribution is 0.111. The molecular weight excluding hydrogens is 138 g/mol. The summed E-state index contributed by atoms with van der Waals surface area (Å²) < 4.78 is 5.14. The molecule has 0 saturated carbocycles. The molecule has 1 saturated heterocycles. The molecule has 11 heavy (non-hydrogen) atoms. The molecule has 1 aliphatic heterocycles. The summed E-state index contributed by atoms with van der Waals surface area (Å²) in [7, 11) is 3.91. The summed E-state index contributed by atoms with van der Waals surface area (Å²) in [5.41, 5.74) is 0. The largest absolute Gasteiger partial charge is 0.380 e. The molecule has 0 unspecified atom stereocenters. The van der Waals surface area contributed by atoms with Crippen LogP contribution in [0.5, 0.6) is 0 Å². The third kappa shape index (κ3) is 5.22. The van der Waals surface area contributed by atoms with E-state index in [1.165, 1.54) is 19.4 Å². The van der Waals surface area contributed by atoms with E-state index in [9.17, 15) is 0 Å². The Morgan fingerprint density at radius 1 is 1.45 bits per heavy atom. The molecule has 0 bridgehead atoms. The van der Waals surface area contributed by atoms with Crippen LogP contribution >= 0.6 is 0 Å². The molecule has 0 aliphatic carbocycles. The van der Waals surface area contributed by atoms with Crippen LogP contribution in [0.2, 0.25) is 0 Å². The van der Waals surface area contributed by atoms with Crippen molar-refractivity contribution in [3.05, 3.63) is 0 Å². The molecule has 1 atom stereocenters. The van der Waals surface area contributed by atoms with Crippen LogP contribution in [-0.4, -0.2) is 38.3 Å². The van der Waals surface area contributed by atoms with Crippen LogP contribution in [0.25, 0.3) is 0 Å². The smallest absolute Gasteiger partial charge is 0.0710 e. The highest BCUT2D eigenvalue weighted by Crippen LogP contribution is 2.07. The number of likely N-dealkylation sites (N-methyl/N-ethyl adjacent to an activating group) is 1. The molecule has 2 heteroatoms. The molecule has 0 aromatic rings. The molecule has 0 amide bonds. The highest BCUT2D eigenvalue weighted by atomic mass is 16.5. The van der Waals surface area contributed by atoms with Crippen LogP contribution in [0.1, 0.15) is 26.7 Å². The van der Waals surface area contributed by atoms with Gasteiger partial charge in [0.1, 0.15) is 0 Å². The van der Waals surface area contributed by atoms with Crippen molar-refractivity contribution in [3.63, 3.8) is 0 Å². The lowest BCUT2D eigenvalue weighted by atomic mass is 10.3. The van der Waals surface area contributed by atoms with Crippen LogP contribution < -0.4 is 0 Å². The number of ether oxygens (including phenoxy) is 1. The zero-order valence-electron chi connectivity index (χ0n) is 8.26. The minimum atomic E-state index is 0.500. The van der Waals surface area contributed by atoms with Gasteiger partial charge in [-0.25, -0.2) is 0 Å². The maximum absolute atomic E-state index is 5.14. The first-order chi connectivity index (χ1) is 5.24. The highest BCUT2D eigenvalue weighted by Gasteiger charge is 2.17. The molecule has 0 N–H and O–H groups in total. The van der Waals surface area contributed by atoms with E-state index in [2.05, 4.69) is 25.8 Å². The van der Waals surface area contributed by atoms with E-state index >= 15 is 0 Å². The number of rotatable bonds is 1. The fourth-order valence-electron chi connectivity index (χ4n) is 1.09. The lowest BCUT2D eigenvalue weighted by Crippen LogP contribution is -2.17. The molecule has 1 heterocycles. The fourth-order valence-corrected chi connectivity index (χ4v) is 1.09. The molecule has 0 spiro atoms. The van der Waals surface area contributed by atoms with Gasteiger partial charge >= 0.3 is 0 Å². The molecule has 68 valence electrons. The van der Waals surface area contributed by atoms with E-state index in [-0.39, 0.29) is 0 Å². The van der Waals surface area contributed by atoms with E-state index in [0.717, 1.165) is 6.54 Å². The normalized spacial score (nSPS) is 24.5. The standard InChI is InChI=1S/C6H13NO.C3H8/c1-7-4-3-6(5-7)8-2;1-3-2/h6H,3-5H2,1-2H3;3H2,1-2H3/t6-;/m1./s1. The predicted molar refractivity (Wildman–Crippen MR) is 48.9 cm³/mol. The van der Waals surface area contributed by atoms with Crippen molar-refractivity contribution in [1.29, 1.82) is 0 Å². The maximum atomic E-state index is 5.14. The summed E-state index contributed by atoms with van der Waals surface area (Å²) in [6.45, 7) is 6.55. The average Bonchev–Trinajstić information content (AvgIpc) is 2.37. The summed E-state index contributed by atoms with van der Waals surface area (Å²) >= 11 is 0. The van der Waals surface area contributed by atoms with Crippen molar-refractivity contribution in [3.8, 4) is 0 Å². The van der Waals surface area contributed by atoms with Crippen LogP contribution in [0.15, 0.2) is 0 Å². The Morgan fingerprint density at radius 2 is 2.00 bits per heavy atom. The van der Waals surface area contributed by atoms with Crippen LogP contribution in [0.4, 0.5) is 0 Å². The summed E-state index contributed by atoms with van der Waals surface area (Å²) in [5.74, 6) is 0. The number of hydrogen-bond donors (Lipinski definition) is 0. The van der Waals surface area contributed by atoms with E-state index < -0.39 is 0 Å². The maximum Gasteiger partial charge on any atom is 0.0710 e. The Kier molecular flexibility index (Phi) is 6.57. The van der Waals surface area contributed by atoms with Crippen molar-refractivity contribution < 1.29 is 4.74 Å². The third-order valence-electron chi connectivity index (χ3n) is 1.68. The number of nitrogens with zero attached hydrogens (tertiary/aromatic N) is 1. The molecule has 0 aromatic heterocycles. The van der Waals surface area contributed by atoms with Gasteiger partial charge < -0.3 is 9.64 Å². The minimum absolute atomic E-state index is 0.500. The van der Waals surface area contributed by atoms with Crippen LogP contribution in [0.3, 0.4) is 0 Å². The van der Waals surface area contributed by atoms with Gasteiger partial charge in [0.2, 0.25) is 0 Å². The molecule has 0 aromatic carbocycles. The van der Waals surface area contributed by atoms with Gasteiger partial charge in [0.25, 0.3) is 0 Å². The molecule has 1 aliphatic rings. The molecule has 2 nitrogen and oxygen atoms in total. The van der Waals surface area contributed by atoms with E-state index in [1.54, 1.807) is 7.11 Å². The Bertz CT molecular complexity index is 85.6. The van der Waals surface area contributed by atoms with Crippen molar-refractivity contribution in [2.75, 3.05) is 27.2 Å². The van der Waals surface area contributed by atoms with Gasteiger partial charge in [-0.05, 0) is 13.5 Å². The van der Waals surface area contributed by atoms with E-state index in [4.69, 9.17) is 4.74 Å². The fraction of sp³-hybridized carbons (Fsp3) is 1.00. The topological polar surface area (TPSA) is 12.5 Å². The Balaban J connectivity index is 0.000000292. The van der Waals surface area contributed by atoms with Gasteiger partial charge in [0, 0.05) is 20.2 Å². The Morgan fingerprint density at radius 3 is 2.18 bits per heavy atom. The van der Waals surface area contributed by atoms with Gasteiger partial charge in [0.05, 0.1) is 6.10 Å². The van der Waals surface area contributed by atoms with Gasteiger partial charge in [-0.15, -0.1) is 0 Å². The zero-order valence-corrected chi connectivity index (χ0v) is 8.26. The first-order valence-corrected chi connectivity index (χ1v) is 4.45. The second-order valence-electron chi connectivity index (χ2n) is 3.12. The van der Waals surface area contributed by atoms with Crippen LogP contribution in [0, 0.1) is 0 Å². The van der Waals surface area contributed by atoms with Gasteiger partial charge in [-0.2, -0.15) is 0 Å². The number of likely N-dealkylation sites (tertiary alicyclic amines) is 1. The first kappa shape index (κ1) is 10.9. The van der Waals surface area contributed by atoms with E-state index in [1.807, 2.05) is 0 Å². The number of methoxy groups -OCH3 is 1. The first-order valence-electron chi connectivity index (χ1n) is 4.45. The summed E-state index contributed by atoms with van der Waals surface area (Å²) in [5, 5.41) is 0. The minimum Gasteiger partial charge on any atom is -0.380 e. The predicted octanol–water partition coefficient (Wildman–Crippen LogP) is 1.75. The zero-order chi connectivity index (χ0) is 8.69. The van der Waals surface area contributed by atoms with Gasteiger partial charge in [-0.3, -0.25) is 0 Å². The average molecular weight is 159 g/mol. The Labute approximate surface area is 70.5 Å². The molecule has 1 rings (SSSR count). The Hall–Kier alpha value is -0.0800. The summed E-state index contributed by atoms with van der Waals surface area (Å²) in [4.78, 5) is 2.29. The lowest BCUT2D eigenvalue weighted by Gasteiger charge is -2.06. The molecule has 1 fully saturated rings. The van der Waals surface area contributed by atoms with E-state index in [0.29, 0.717) is 6.10 Å². The van der Waals surface area contributed by atoms with Gasteiger partial charge in [-0.1, -0.05) is 20.3 Å². The van der Waals surface area contributed by atoms with Crippen molar-refractivity contribution in [2.45, 2.75) is 32.8 Å². The summed E-state index contributed by atoms with van der Waals surface area (Å²) in [6.07, 6.45) is 2.95. The second-order valence-corrected chi connectivity index (χ2v) is 3.12. The number of hydrogen-bond acceptors (Lipinski definition) is 2. The third-order valence-corrected chi connectivity index (χ3v) is 1.68. The SMILES string of the molecule is CCC.CO[C@@H]1CCN(C)C1. The van der Waals surface area contributed by atoms with Crippen molar-refractivity contribution in [2.24, 2.45) is 0 Å². The van der Waals surface area contributed by atoms with Crippen molar-refractivity contribution >= 4 is 0 Å².